The fraction of sp³-hybridized carbons (Fsp3) is 0.318. The van der Waals surface area contributed by atoms with Crippen LogP contribution in [0.15, 0.2) is 58.0 Å². The van der Waals surface area contributed by atoms with Gasteiger partial charge >= 0.3 is 18.3 Å². The Balaban J connectivity index is 0.000000454. The molecular formula is C22H18F6N2O6. The van der Waals surface area contributed by atoms with Crippen LogP contribution in [-0.4, -0.2) is 39.6 Å². The molecule has 2 aromatic heterocycles. The van der Waals surface area contributed by atoms with Gasteiger partial charge in [-0.1, -0.05) is 12.1 Å². The molecule has 1 aromatic carbocycles. The number of pyridine rings is 1. The number of aliphatic carboxylic acids is 1. The van der Waals surface area contributed by atoms with E-state index in [0.29, 0.717) is 35.6 Å². The lowest BCUT2D eigenvalue weighted by Crippen LogP contribution is -2.39. The van der Waals surface area contributed by atoms with Crippen molar-refractivity contribution < 1.29 is 50.2 Å². The number of hydrogen-bond donors (Lipinski definition) is 2. The van der Waals surface area contributed by atoms with Crippen LogP contribution in [0.1, 0.15) is 24.0 Å². The Morgan fingerprint density at radius 2 is 1.78 bits per heavy atom. The molecule has 194 valence electrons. The van der Waals surface area contributed by atoms with Crippen molar-refractivity contribution in [1.82, 2.24) is 10.1 Å². The predicted octanol–water partition coefficient (Wildman–Crippen LogP) is 4.81. The smallest absolute Gasteiger partial charge is 0.475 e. The van der Waals surface area contributed by atoms with Crippen LogP contribution in [0.5, 0.6) is 5.88 Å². The molecule has 4 rings (SSSR count). The lowest BCUT2D eigenvalue weighted by Gasteiger charge is -2.34. The van der Waals surface area contributed by atoms with Crippen LogP contribution in [0.2, 0.25) is 0 Å². The van der Waals surface area contributed by atoms with Gasteiger partial charge in [-0.05, 0) is 23.8 Å². The zero-order valence-electron chi connectivity index (χ0n) is 18.1. The zero-order chi connectivity index (χ0) is 26.5. The molecule has 1 aliphatic rings. The van der Waals surface area contributed by atoms with Gasteiger partial charge in [-0.15, -0.1) is 0 Å². The SMILES string of the molecule is O=C(O)C(F)(F)F.O=c1cc(-c2ccc(OC3CC(OCc4cccc(C(F)(F)F)c4)C3)nc2)o[nH]1. The van der Waals surface area contributed by atoms with E-state index >= 15 is 0 Å². The third kappa shape index (κ3) is 7.60. The van der Waals surface area contributed by atoms with Gasteiger partial charge in [-0.3, -0.25) is 4.79 Å². The van der Waals surface area contributed by atoms with Gasteiger partial charge in [-0.2, -0.15) is 31.5 Å². The van der Waals surface area contributed by atoms with Gasteiger partial charge in [0.05, 0.1) is 24.3 Å². The molecule has 0 amide bonds. The lowest BCUT2D eigenvalue weighted by atomic mass is 9.92. The van der Waals surface area contributed by atoms with Crippen molar-refractivity contribution in [1.29, 1.82) is 0 Å². The van der Waals surface area contributed by atoms with Gasteiger partial charge in [-0.25, -0.2) is 9.78 Å². The Labute approximate surface area is 198 Å². The van der Waals surface area contributed by atoms with Gasteiger partial charge in [0.2, 0.25) is 5.88 Å². The summed E-state index contributed by atoms with van der Waals surface area (Å²) >= 11 is 0. The topological polar surface area (TPSA) is 115 Å². The summed E-state index contributed by atoms with van der Waals surface area (Å²) in [6.45, 7) is 0.121. The van der Waals surface area contributed by atoms with Crippen molar-refractivity contribution >= 4 is 5.97 Å². The lowest BCUT2D eigenvalue weighted by molar-refractivity contribution is -0.192. The first-order valence-electron chi connectivity index (χ1n) is 10.2. The molecule has 2 heterocycles. The Kier molecular flexibility index (Phi) is 8.07. The van der Waals surface area contributed by atoms with Crippen LogP contribution in [-0.2, 0) is 22.3 Å². The number of nitrogens with one attached hydrogen (secondary N) is 1. The van der Waals surface area contributed by atoms with Gasteiger partial charge in [0.25, 0.3) is 5.56 Å². The number of carboxylic acid groups (broad SMARTS) is 1. The minimum absolute atomic E-state index is 0.0648. The summed E-state index contributed by atoms with van der Waals surface area (Å²) in [5.41, 5.74) is 0.122. The number of carbonyl (C=O) groups is 1. The summed E-state index contributed by atoms with van der Waals surface area (Å²) in [5, 5.41) is 9.34. The minimum Gasteiger partial charge on any atom is -0.475 e. The van der Waals surface area contributed by atoms with Crippen molar-refractivity contribution in [2.45, 2.75) is 44.0 Å². The second-order valence-corrected chi connectivity index (χ2v) is 7.61. The third-order valence-electron chi connectivity index (χ3n) is 4.87. The number of rotatable bonds is 6. The number of carboxylic acids is 1. The molecule has 8 nitrogen and oxygen atoms in total. The van der Waals surface area contributed by atoms with Crippen LogP contribution in [0, 0.1) is 0 Å². The third-order valence-corrected chi connectivity index (χ3v) is 4.87. The van der Waals surface area contributed by atoms with Crippen LogP contribution in [0.4, 0.5) is 26.3 Å². The van der Waals surface area contributed by atoms with E-state index in [4.69, 9.17) is 23.9 Å². The number of H-pyrrole nitrogens is 1. The van der Waals surface area contributed by atoms with Crippen molar-refractivity contribution in [3.8, 4) is 17.2 Å². The van der Waals surface area contributed by atoms with E-state index in [1.165, 1.54) is 12.1 Å². The van der Waals surface area contributed by atoms with Gasteiger partial charge in [0.1, 0.15) is 6.10 Å². The summed E-state index contributed by atoms with van der Waals surface area (Å²) in [6.07, 6.45) is -6.76. The van der Waals surface area contributed by atoms with E-state index in [1.54, 1.807) is 24.4 Å². The largest absolute Gasteiger partial charge is 0.490 e. The molecule has 3 aromatic rings. The first kappa shape index (κ1) is 26.8. The fourth-order valence-electron chi connectivity index (χ4n) is 2.99. The highest BCUT2D eigenvalue weighted by Gasteiger charge is 2.38. The van der Waals surface area contributed by atoms with Crippen molar-refractivity contribution in [2.75, 3.05) is 0 Å². The molecule has 14 heteroatoms. The molecule has 1 aliphatic carbocycles. The summed E-state index contributed by atoms with van der Waals surface area (Å²) in [6, 6.07) is 9.87. The fourth-order valence-corrected chi connectivity index (χ4v) is 2.99. The van der Waals surface area contributed by atoms with Crippen LogP contribution >= 0.6 is 0 Å². The number of aromatic amines is 1. The van der Waals surface area contributed by atoms with E-state index in [-0.39, 0.29) is 24.4 Å². The average Bonchev–Trinajstić information content (AvgIpc) is 3.21. The highest BCUT2D eigenvalue weighted by atomic mass is 19.4. The number of halogens is 6. The molecule has 0 bridgehead atoms. The molecule has 36 heavy (non-hydrogen) atoms. The van der Waals surface area contributed by atoms with Gasteiger partial charge in [0.15, 0.2) is 5.76 Å². The van der Waals surface area contributed by atoms with Crippen LogP contribution in [0.25, 0.3) is 11.3 Å². The Morgan fingerprint density at radius 1 is 1.08 bits per heavy atom. The Hall–Kier alpha value is -3.81. The molecule has 0 atom stereocenters. The van der Waals surface area contributed by atoms with Crippen LogP contribution in [0.3, 0.4) is 0 Å². The maximum atomic E-state index is 12.7. The molecule has 0 saturated heterocycles. The van der Waals surface area contributed by atoms with Crippen LogP contribution < -0.4 is 10.3 Å². The predicted molar refractivity (Wildman–Crippen MR) is 110 cm³/mol. The maximum Gasteiger partial charge on any atom is 0.490 e. The molecule has 0 spiro atoms. The Morgan fingerprint density at radius 3 is 2.31 bits per heavy atom. The second-order valence-electron chi connectivity index (χ2n) is 7.61. The molecule has 0 radical (unpaired) electrons. The van der Waals surface area contributed by atoms with E-state index < -0.39 is 23.9 Å². The summed E-state index contributed by atoms with van der Waals surface area (Å²) in [7, 11) is 0. The average molecular weight is 520 g/mol. The second kappa shape index (κ2) is 10.8. The minimum atomic E-state index is -5.08. The normalized spacial score (nSPS) is 17.5. The van der Waals surface area contributed by atoms with Gasteiger partial charge in [0, 0.05) is 30.7 Å². The summed E-state index contributed by atoms with van der Waals surface area (Å²) in [4.78, 5) is 24.2. The molecule has 0 unspecified atom stereocenters. The number of hydrogen-bond acceptors (Lipinski definition) is 6. The number of alkyl halides is 6. The highest BCUT2D eigenvalue weighted by molar-refractivity contribution is 5.73. The first-order valence-corrected chi connectivity index (χ1v) is 10.2. The van der Waals surface area contributed by atoms with Gasteiger partial charge < -0.3 is 19.1 Å². The summed E-state index contributed by atoms with van der Waals surface area (Å²) < 4.78 is 86.4. The molecule has 1 fully saturated rings. The molecule has 0 aliphatic heterocycles. The summed E-state index contributed by atoms with van der Waals surface area (Å²) in [5.74, 6) is -1.93. The first-order chi connectivity index (χ1) is 16.8. The quantitative estimate of drug-likeness (QED) is 0.449. The van der Waals surface area contributed by atoms with E-state index in [1.807, 2.05) is 0 Å². The van der Waals surface area contributed by atoms with E-state index in [9.17, 15) is 31.1 Å². The van der Waals surface area contributed by atoms with E-state index in [2.05, 4.69) is 10.1 Å². The maximum absolute atomic E-state index is 12.7. The standard InChI is InChI=1S/C20H17F3N2O4.C2HF3O2/c21-20(22,23)14-3-1-2-12(6-14)11-27-15-7-16(8-15)28-19-5-4-13(10-24-19)17-9-18(26)25-29-17;3-2(4,5)1(6)7/h1-6,9-10,15-16H,7-8,11H2,(H,25,26);(H,6,7). The number of aromatic nitrogens is 2. The van der Waals surface area contributed by atoms with Crippen molar-refractivity contribution in [2.24, 2.45) is 0 Å². The van der Waals surface area contributed by atoms with Crippen molar-refractivity contribution in [3.05, 3.63) is 70.1 Å². The molecular weight excluding hydrogens is 502 g/mol. The Bertz CT molecular complexity index is 1210. The number of nitrogens with zero attached hydrogens (tertiary/aromatic N) is 1. The number of ether oxygens (including phenoxy) is 2. The number of benzene rings is 1. The molecule has 2 N–H and O–H groups in total. The zero-order valence-corrected chi connectivity index (χ0v) is 18.1. The highest BCUT2D eigenvalue weighted by Crippen LogP contribution is 2.31. The van der Waals surface area contributed by atoms with Crippen molar-refractivity contribution in [3.63, 3.8) is 0 Å². The monoisotopic (exact) mass is 520 g/mol. The van der Waals surface area contributed by atoms with E-state index in [0.717, 1.165) is 12.1 Å². The molecule has 1 saturated carbocycles.